The van der Waals surface area contributed by atoms with E-state index >= 15 is 0 Å². The lowest BCUT2D eigenvalue weighted by Gasteiger charge is -2.11. The number of halogens is 2. The van der Waals surface area contributed by atoms with Crippen LogP contribution in [0.2, 0.25) is 5.02 Å². The van der Waals surface area contributed by atoms with Crippen molar-refractivity contribution in [2.45, 2.75) is 25.8 Å². The third kappa shape index (κ3) is 5.95. The summed E-state index contributed by atoms with van der Waals surface area (Å²) in [7, 11) is 0. The summed E-state index contributed by atoms with van der Waals surface area (Å²) in [5.74, 6) is -0.248. The van der Waals surface area contributed by atoms with Gasteiger partial charge in [0.2, 0.25) is 0 Å². The van der Waals surface area contributed by atoms with Crippen LogP contribution < -0.4 is 10.5 Å². The van der Waals surface area contributed by atoms with Crippen molar-refractivity contribution in [3.8, 4) is 23.0 Å². The number of nitrogens with zero attached hydrogens (tertiary/aromatic N) is 3. The summed E-state index contributed by atoms with van der Waals surface area (Å²) in [5.41, 5.74) is 7.47. The number of carbonyl (C=O) groups excluding carboxylic acids is 1. The number of hydrogen-bond donors (Lipinski definition) is 1. The Morgan fingerprint density at radius 2 is 2.00 bits per heavy atom. The number of carbonyl (C=O) groups is 1. The van der Waals surface area contributed by atoms with Crippen LogP contribution >= 0.6 is 11.6 Å². The molecule has 0 fully saturated rings. The molecule has 0 saturated carbocycles. The van der Waals surface area contributed by atoms with Gasteiger partial charge < -0.3 is 15.2 Å². The van der Waals surface area contributed by atoms with E-state index in [1.165, 1.54) is 6.20 Å². The van der Waals surface area contributed by atoms with Crippen molar-refractivity contribution in [3.63, 3.8) is 0 Å². The van der Waals surface area contributed by atoms with Crippen molar-refractivity contribution in [3.05, 3.63) is 65.3 Å². The van der Waals surface area contributed by atoms with Crippen LogP contribution in [0.5, 0.6) is 11.6 Å². The summed E-state index contributed by atoms with van der Waals surface area (Å²) < 4.78 is 24.2. The molecular formula is C21H20ClFN4O3. The Kier molecular flexibility index (Phi) is 7.26. The molecule has 0 radical (unpaired) electrons. The first-order valence-corrected chi connectivity index (χ1v) is 9.65. The standard InChI is InChI=1S/C21H20ClFN4O3/c1-2-29-19(28)11-15(24)10-16-7-8-25-20(27-16)13-3-5-17(6-4-13)30-21-18(23)9-14(22)12-26-21/h3-9,12,15H,2,10-11,24H2,1H3. The Morgan fingerprint density at radius 3 is 2.70 bits per heavy atom. The van der Waals surface area contributed by atoms with Gasteiger partial charge in [0.1, 0.15) is 5.75 Å². The fourth-order valence-corrected chi connectivity index (χ4v) is 2.83. The van der Waals surface area contributed by atoms with Gasteiger partial charge in [-0.2, -0.15) is 0 Å². The van der Waals surface area contributed by atoms with Crippen LogP contribution in [-0.2, 0) is 16.0 Å². The molecule has 0 spiro atoms. The molecule has 0 aliphatic carbocycles. The van der Waals surface area contributed by atoms with Gasteiger partial charge in [0, 0.05) is 36.1 Å². The Morgan fingerprint density at radius 1 is 1.23 bits per heavy atom. The Hall–Kier alpha value is -3.10. The molecule has 0 aliphatic rings. The maximum Gasteiger partial charge on any atom is 0.307 e. The van der Waals surface area contributed by atoms with Gasteiger partial charge in [-0.25, -0.2) is 19.3 Å². The van der Waals surface area contributed by atoms with Gasteiger partial charge in [-0.1, -0.05) is 11.6 Å². The molecule has 1 aromatic carbocycles. The fourth-order valence-electron chi connectivity index (χ4n) is 2.68. The number of pyridine rings is 1. The topological polar surface area (TPSA) is 100 Å². The molecule has 0 saturated heterocycles. The van der Waals surface area contributed by atoms with E-state index in [2.05, 4.69) is 15.0 Å². The van der Waals surface area contributed by atoms with Crippen LogP contribution in [0, 0.1) is 5.82 Å². The van der Waals surface area contributed by atoms with E-state index in [9.17, 15) is 9.18 Å². The smallest absolute Gasteiger partial charge is 0.307 e. The van der Waals surface area contributed by atoms with E-state index in [1.807, 2.05) is 0 Å². The van der Waals surface area contributed by atoms with Crippen molar-refractivity contribution < 1.29 is 18.7 Å². The number of esters is 1. The van der Waals surface area contributed by atoms with Gasteiger partial charge in [-0.05, 0) is 43.3 Å². The maximum atomic E-state index is 13.8. The second-order valence-corrected chi connectivity index (χ2v) is 6.85. The number of aromatic nitrogens is 3. The lowest BCUT2D eigenvalue weighted by molar-refractivity contribution is -0.143. The van der Waals surface area contributed by atoms with Crippen molar-refractivity contribution >= 4 is 17.6 Å². The molecule has 7 nitrogen and oxygen atoms in total. The van der Waals surface area contributed by atoms with E-state index in [1.54, 1.807) is 43.5 Å². The molecule has 1 unspecified atom stereocenters. The molecule has 3 rings (SSSR count). The maximum absolute atomic E-state index is 13.8. The first-order valence-electron chi connectivity index (χ1n) is 9.27. The van der Waals surface area contributed by atoms with Crippen molar-refractivity contribution in [1.29, 1.82) is 0 Å². The zero-order chi connectivity index (χ0) is 21.5. The van der Waals surface area contributed by atoms with Crippen LogP contribution in [0.15, 0.2) is 48.8 Å². The quantitative estimate of drug-likeness (QED) is 0.540. The molecule has 1 atom stereocenters. The zero-order valence-electron chi connectivity index (χ0n) is 16.2. The summed E-state index contributed by atoms with van der Waals surface area (Å²) in [5, 5.41) is 0.189. The number of nitrogens with two attached hydrogens (primary N) is 1. The molecular weight excluding hydrogens is 411 g/mol. The summed E-state index contributed by atoms with van der Waals surface area (Å²) in [4.78, 5) is 24.2. The van der Waals surface area contributed by atoms with Crippen LogP contribution in [-0.4, -0.2) is 33.6 Å². The normalized spacial score (nSPS) is 11.7. The highest BCUT2D eigenvalue weighted by Crippen LogP contribution is 2.26. The van der Waals surface area contributed by atoms with Gasteiger partial charge in [0.25, 0.3) is 5.88 Å². The van der Waals surface area contributed by atoms with Gasteiger partial charge >= 0.3 is 5.97 Å². The van der Waals surface area contributed by atoms with Gasteiger partial charge in [-0.15, -0.1) is 0 Å². The highest BCUT2D eigenvalue weighted by atomic mass is 35.5. The number of benzene rings is 1. The first kappa shape index (κ1) is 21.6. The highest BCUT2D eigenvalue weighted by Gasteiger charge is 2.13. The minimum atomic E-state index is -0.651. The number of rotatable bonds is 8. The van der Waals surface area contributed by atoms with Crippen LogP contribution in [0.1, 0.15) is 19.0 Å². The summed E-state index contributed by atoms with van der Waals surface area (Å²) in [6.07, 6.45) is 3.47. The summed E-state index contributed by atoms with van der Waals surface area (Å²) in [6, 6.07) is 9.30. The van der Waals surface area contributed by atoms with E-state index < -0.39 is 11.9 Å². The minimum absolute atomic E-state index is 0.120. The van der Waals surface area contributed by atoms with Gasteiger partial charge in [0.05, 0.1) is 18.1 Å². The minimum Gasteiger partial charge on any atom is -0.466 e. The first-order chi connectivity index (χ1) is 14.4. The van der Waals surface area contributed by atoms with Crippen LogP contribution in [0.4, 0.5) is 4.39 Å². The van der Waals surface area contributed by atoms with Crippen molar-refractivity contribution in [1.82, 2.24) is 15.0 Å². The SMILES string of the molecule is CCOC(=O)CC(N)Cc1ccnc(-c2ccc(Oc3ncc(Cl)cc3F)cc2)n1. The van der Waals surface area contributed by atoms with Gasteiger partial charge in [0.15, 0.2) is 11.6 Å². The molecule has 0 amide bonds. The summed E-state index contributed by atoms with van der Waals surface area (Å²) >= 11 is 5.69. The predicted molar refractivity (Wildman–Crippen MR) is 110 cm³/mol. The molecule has 2 aromatic heterocycles. The Bertz CT molecular complexity index is 1020. The monoisotopic (exact) mass is 430 g/mol. The van der Waals surface area contributed by atoms with Crippen LogP contribution in [0.25, 0.3) is 11.4 Å². The van der Waals surface area contributed by atoms with Crippen molar-refractivity contribution in [2.75, 3.05) is 6.61 Å². The molecule has 2 N–H and O–H groups in total. The molecule has 0 bridgehead atoms. The average Bonchev–Trinajstić information content (AvgIpc) is 2.71. The second kappa shape index (κ2) is 10.1. The summed E-state index contributed by atoms with van der Waals surface area (Å²) in [6.45, 7) is 2.07. The molecule has 156 valence electrons. The van der Waals surface area contributed by atoms with E-state index in [4.69, 9.17) is 26.8 Å². The van der Waals surface area contributed by atoms with Crippen molar-refractivity contribution in [2.24, 2.45) is 5.73 Å². The lowest BCUT2D eigenvalue weighted by Crippen LogP contribution is -2.27. The number of hydrogen-bond acceptors (Lipinski definition) is 7. The van der Waals surface area contributed by atoms with E-state index in [0.717, 1.165) is 11.6 Å². The molecule has 3 aromatic rings. The lowest BCUT2D eigenvalue weighted by atomic mass is 10.1. The largest absolute Gasteiger partial charge is 0.466 e. The van der Waals surface area contributed by atoms with Crippen LogP contribution in [0.3, 0.4) is 0 Å². The third-order valence-electron chi connectivity index (χ3n) is 4.02. The fraction of sp³-hybridized carbons (Fsp3) is 0.238. The molecule has 30 heavy (non-hydrogen) atoms. The molecule has 2 heterocycles. The molecule has 0 aliphatic heterocycles. The Labute approximate surface area is 178 Å². The zero-order valence-corrected chi connectivity index (χ0v) is 17.0. The Balaban J connectivity index is 1.67. The average molecular weight is 431 g/mol. The molecule has 9 heteroatoms. The van der Waals surface area contributed by atoms with E-state index in [0.29, 0.717) is 30.3 Å². The highest BCUT2D eigenvalue weighted by molar-refractivity contribution is 6.30. The second-order valence-electron chi connectivity index (χ2n) is 6.41. The van der Waals surface area contributed by atoms with E-state index in [-0.39, 0.29) is 23.3 Å². The third-order valence-corrected chi connectivity index (χ3v) is 4.23. The predicted octanol–water partition coefficient (Wildman–Crippen LogP) is 3.95. The van der Waals surface area contributed by atoms with Gasteiger partial charge in [-0.3, -0.25) is 4.79 Å². The number of ether oxygens (including phenoxy) is 2.